The van der Waals surface area contributed by atoms with Crippen molar-refractivity contribution < 1.29 is 14.1 Å². The summed E-state index contributed by atoms with van der Waals surface area (Å²) in [5.41, 5.74) is 0. The van der Waals surface area contributed by atoms with Gasteiger partial charge in [0.25, 0.3) is 0 Å². The summed E-state index contributed by atoms with van der Waals surface area (Å²) < 4.78 is 0.231. The van der Waals surface area contributed by atoms with Gasteiger partial charge in [0.15, 0.2) is 5.78 Å². The lowest BCUT2D eigenvalue weighted by Crippen LogP contribution is -2.48. The Morgan fingerprint density at radius 3 is 1.09 bits per heavy atom. The number of Topliss-reactive ketones (excluding diaryl/α,β-unsaturated/α-hetero) is 1. The molecule has 0 aromatic heterocycles. The van der Waals surface area contributed by atoms with Gasteiger partial charge >= 0.3 is 5.91 Å². The molecule has 0 bridgehead atoms. The van der Waals surface area contributed by atoms with Crippen LogP contribution >= 0.6 is 0 Å². The van der Waals surface area contributed by atoms with Crippen LogP contribution in [-0.2, 0) is 9.59 Å². The number of unbranched alkanes of at least 4 members (excludes halogenated alkanes) is 20. The molecule has 0 saturated heterocycles. The smallest absolute Gasteiger partial charge is 0.293 e. The number of rotatable bonds is 26. The van der Waals surface area contributed by atoms with E-state index in [2.05, 4.69) is 13.8 Å². The minimum absolute atomic E-state index is 0.225. The number of quaternary nitrogens is 1. The van der Waals surface area contributed by atoms with Gasteiger partial charge in [-0.15, -0.1) is 0 Å². The van der Waals surface area contributed by atoms with E-state index in [1.54, 1.807) is 0 Å². The van der Waals surface area contributed by atoms with Crippen LogP contribution in [0.5, 0.6) is 0 Å². The largest absolute Gasteiger partial charge is 0.313 e. The molecule has 202 valence electrons. The van der Waals surface area contributed by atoms with Crippen molar-refractivity contribution in [3.63, 3.8) is 0 Å². The summed E-state index contributed by atoms with van der Waals surface area (Å²) in [5, 5.41) is 0. The quantitative estimate of drug-likeness (QED) is 0.0912. The summed E-state index contributed by atoms with van der Waals surface area (Å²) in [6.45, 7) is 4.90. The molecule has 0 spiro atoms. The van der Waals surface area contributed by atoms with Crippen molar-refractivity contribution in [2.24, 2.45) is 0 Å². The number of hydrogen-bond acceptors (Lipinski definition) is 2. The minimum atomic E-state index is 0.225. The summed E-state index contributed by atoms with van der Waals surface area (Å²) >= 11 is 0. The van der Waals surface area contributed by atoms with Gasteiger partial charge in [-0.05, 0) is 12.8 Å². The normalized spacial score (nSPS) is 11.8. The SMILES string of the molecule is CCCCCCCCCCCCCC(=O)C[N+](C)(C)C(=O)CCCCCCCCCCCCC. The van der Waals surface area contributed by atoms with Crippen molar-refractivity contribution >= 4 is 11.7 Å². The van der Waals surface area contributed by atoms with Gasteiger partial charge in [-0.3, -0.25) is 9.28 Å². The van der Waals surface area contributed by atoms with Gasteiger partial charge in [-0.1, -0.05) is 142 Å². The van der Waals surface area contributed by atoms with Crippen LogP contribution in [0.1, 0.15) is 168 Å². The average molecular weight is 481 g/mol. The van der Waals surface area contributed by atoms with Crippen molar-refractivity contribution in [2.75, 3.05) is 20.6 Å². The lowest BCUT2D eigenvalue weighted by molar-refractivity contribution is -0.805. The Labute approximate surface area is 214 Å². The second-order valence-electron chi connectivity index (χ2n) is 11.3. The van der Waals surface area contributed by atoms with E-state index in [0.717, 1.165) is 25.7 Å². The maximum absolute atomic E-state index is 12.6. The Morgan fingerprint density at radius 1 is 0.441 bits per heavy atom. The number of ketones is 1. The van der Waals surface area contributed by atoms with Gasteiger partial charge < -0.3 is 0 Å². The van der Waals surface area contributed by atoms with E-state index in [1.165, 1.54) is 116 Å². The highest BCUT2D eigenvalue weighted by Gasteiger charge is 2.28. The number of likely N-dealkylation sites (N-methyl/N-ethyl adjacent to an activating group) is 1. The van der Waals surface area contributed by atoms with Crippen molar-refractivity contribution in [2.45, 2.75) is 168 Å². The van der Waals surface area contributed by atoms with E-state index < -0.39 is 0 Å². The molecule has 0 atom stereocenters. The monoisotopic (exact) mass is 480 g/mol. The van der Waals surface area contributed by atoms with Crippen LogP contribution in [0.15, 0.2) is 0 Å². The van der Waals surface area contributed by atoms with E-state index in [0.29, 0.717) is 19.4 Å². The molecule has 0 aromatic carbocycles. The maximum Gasteiger partial charge on any atom is 0.313 e. The standard InChI is InChI=1S/C31H62NO2/c1-5-7-9-11-13-15-17-19-21-23-25-27-30(33)29-32(3,4)31(34)28-26-24-22-20-18-16-14-12-10-8-6-2/h5-29H2,1-4H3/q+1. The number of amides is 1. The topological polar surface area (TPSA) is 34.1 Å². The minimum Gasteiger partial charge on any atom is -0.293 e. The molecule has 3 heteroatoms. The van der Waals surface area contributed by atoms with Gasteiger partial charge in [0.1, 0.15) is 6.54 Å². The van der Waals surface area contributed by atoms with Crippen LogP contribution < -0.4 is 0 Å². The predicted molar refractivity (Wildman–Crippen MR) is 149 cm³/mol. The Kier molecular flexibility index (Phi) is 23.5. The van der Waals surface area contributed by atoms with Crippen molar-refractivity contribution in [3.8, 4) is 0 Å². The highest BCUT2D eigenvalue weighted by Crippen LogP contribution is 2.15. The molecular weight excluding hydrogens is 418 g/mol. The van der Waals surface area contributed by atoms with Crippen molar-refractivity contribution in [3.05, 3.63) is 0 Å². The molecule has 0 N–H and O–H groups in total. The van der Waals surface area contributed by atoms with Crippen LogP contribution in [-0.4, -0.2) is 36.8 Å². The fourth-order valence-electron chi connectivity index (χ4n) is 4.84. The van der Waals surface area contributed by atoms with E-state index in [4.69, 9.17) is 0 Å². The Hall–Kier alpha value is -0.700. The molecule has 0 heterocycles. The first kappa shape index (κ1) is 33.3. The van der Waals surface area contributed by atoms with E-state index in [1.807, 2.05) is 14.1 Å². The molecule has 0 unspecified atom stereocenters. The average Bonchev–Trinajstić information content (AvgIpc) is 2.80. The summed E-state index contributed by atoms with van der Waals surface area (Å²) in [4.78, 5) is 25.1. The number of carbonyl (C=O) groups excluding carboxylic acids is 2. The second-order valence-corrected chi connectivity index (χ2v) is 11.3. The van der Waals surface area contributed by atoms with Gasteiger partial charge in [-0.2, -0.15) is 0 Å². The van der Waals surface area contributed by atoms with Crippen molar-refractivity contribution in [1.29, 1.82) is 0 Å². The molecule has 0 aromatic rings. The van der Waals surface area contributed by atoms with E-state index >= 15 is 0 Å². The molecular formula is C31H62NO2+. The molecule has 0 aliphatic rings. The highest BCUT2D eigenvalue weighted by molar-refractivity contribution is 5.81. The fraction of sp³-hybridized carbons (Fsp3) is 0.935. The highest BCUT2D eigenvalue weighted by atomic mass is 16.2. The fourth-order valence-corrected chi connectivity index (χ4v) is 4.84. The molecule has 0 aliphatic carbocycles. The number of nitrogens with zero attached hydrogens (tertiary/aromatic N) is 1. The van der Waals surface area contributed by atoms with Crippen LogP contribution in [0.2, 0.25) is 0 Å². The van der Waals surface area contributed by atoms with Crippen molar-refractivity contribution in [1.82, 2.24) is 0 Å². The number of carbonyl (C=O) groups is 2. The summed E-state index contributed by atoms with van der Waals surface area (Å²) in [6, 6.07) is 0. The van der Waals surface area contributed by atoms with Gasteiger partial charge in [-0.25, -0.2) is 4.79 Å². The van der Waals surface area contributed by atoms with Gasteiger partial charge in [0.2, 0.25) is 0 Å². The first-order valence-corrected chi connectivity index (χ1v) is 15.3. The zero-order valence-corrected chi connectivity index (χ0v) is 23.9. The second kappa shape index (κ2) is 24.0. The van der Waals surface area contributed by atoms with Crippen LogP contribution in [0, 0.1) is 0 Å². The molecule has 0 radical (unpaired) electrons. The number of hydrogen-bond donors (Lipinski definition) is 0. The van der Waals surface area contributed by atoms with Crippen LogP contribution in [0.4, 0.5) is 0 Å². The third-order valence-corrected chi connectivity index (χ3v) is 7.30. The van der Waals surface area contributed by atoms with Gasteiger partial charge in [0, 0.05) is 6.42 Å². The summed E-state index contributed by atoms with van der Waals surface area (Å²) in [5.74, 6) is 0.483. The Bertz CT molecular complexity index is 472. The first-order valence-electron chi connectivity index (χ1n) is 15.3. The zero-order valence-electron chi connectivity index (χ0n) is 23.9. The summed E-state index contributed by atoms with van der Waals surface area (Å²) in [6.07, 6.45) is 29.8. The van der Waals surface area contributed by atoms with Gasteiger partial charge in [0.05, 0.1) is 20.5 Å². The molecule has 34 heavy (non-hydrogen) atoms. The van der Waals surface area contributed by atoms with Crippen LogP contribution in [0.3, 0.4) is 0 Å². The molecule has 0 aliphatic heterocycles. The molecule has 0 saturated carbocycles. The molecule has 0 fully saturated rings. The van der Waals surface area contributed by atoms with E-state index in [-0.39, 0.29) is 16.2 Å². The molecule has 1 amide bonds. The molecule has 0 rings (SSSR count). The van der Waals surface area contributed by atoms with Crippen LogP contribution in [0.25, 0.3) is 0 Å². The Morgan fingerprint density at radius 2 is 0.735 bits per heavy atom. The third kappa shape index (κ3) is 21.8. The zero-order chi connectivity index (χ0) is 25.3. The lowest BCUT2D eigenvalue weighted by atomic mass is 10.0. The van der Waals surface area contributed by atoms with E-state index in [9.17, 15) is 9.59 Å². The third-order valence-electron chi connectivity index (χ3n) is 7.30. The Balaban J connectivity index is 3.63. The summed E-state index contributed by atoms with van der Waals surface area (Å²) in [7, 11) is 3.83. The maximum atomic E-state index is 12.6. The first-order chi connectivity index (χ1) is 16.4. The lowest BCUT2D eigenvalue weighted by Gasteiger charge is -2.26. The predicted octanol–water partition coefficient (Wildman–Crippen LogP) is 9.56. The molecule has 3 nitrogen and oxygen atoms in total.